The highest BCUT2D eigenvalue weighted by Crippen LogP contribution is 2.39. The predicted molar refractivity (Wildman–Crippen MR) is 123 cm³/mol. The number of ether oxygens (including phenoxy) is 1. The zero-order valence-corrected chi connectivity index (χ0v) is 21.4. The lowest BCUT2D eigenvalue weighted by atomic mass is 9.72. The van der Waals surface area contributed by atoms with Crippen molar-refractivity contribution in [1.29, 1.82) is 0 Å². The van der Waals surface area contributed by atoms with Crippen LogP contribution in [0, 0.1) is 11.3 Å². The quantitative estimate of drug-likeness (QED) is 0.287. The Morgan fingerprint density at radius 1 is 1.07 bits per heavy atom. The predicted octanol–water partition coefficient (Wildman–Crippen LogP) is 5.58. The third-order valence-electron chi connectivity index (χ3n) is 5.18. The zero-order chi connectivity index (χ0) is 21.3. The van der Waals surface area contributed by atoms with Gasteiger partial charge in [-0.3, -0.25) is 4.98 Å². The second kappa shape index (κ2) is 12.0. The van der Waals surface area contributed by atoms with Crippen LogP contribution in [0.25, 0.3) is 0 Å². The molecular weight excluding hydrogens is 462 g/mol. The van der Waals surface area contributed by atoms with Crippen molar-refractivity contribution in [2.75, 3.05) is 0 Å². The molecule has 7 heteroatoms. The normalized spacial score (nSPS) is 14.0. The lowest BCUT2D eigenvalue weighted by Crippen LogP contribution is -2.46. The topological polar surface area (TPSA) is 40.6 Å². The van der Waals surface area contributed by atoms with E-state index in [0.29, 0.717) is 19.5 Å². The smallest absolute Gasteiger partial charge is 0.229 e. The van der Waals surface area contributed by atoms with E-state index in [4.69, 9.17) is 13.6 Å². The second-order valence-corrected chi connectivity index (χ2v) is 9.78. The van der Waals surface area contributed by atoms with Crippen LogP contribution in [-0.4, -0.2) is 36.9 Å². The Morgan fingerprint density at radius 3 is 2.28 bits per heavy atom. The Labute approximate surface area is 188 Å². The maximum atomic E-state index is 6.37. The van der Waals surface area contributed by atoms with Crippen molar-refractivity contribution in [3.63, 3.8) is 0 Å². The van der Waals surface area contributed by atoms with E-state index in [-0.39, 0.29) is 23.7 Å². The van der Waals surface area contributed by atoms with E-state index < -0.39 is 0 Å². The van der Waals surface area contributed by atoms with Crippen LogP contribution >= 0.6 is 15.9 Å². The van der Waals surface area contributed by atoms with Gasteiger partial charge in [0.05, 0.1) is 6.10 Å². The largest absolute Gasteiger partial charge is 0.490 e. The SMILES string of the molecule is C[Si]OC(O[Si]C)C(C)(C)C(CCc1cccnc1)C(C)Oc1ccc(Br)cc1. The van der Waals surface area contributed by atoms with Crippen LogP contribution in [0.3, 0.4) is 0 Å². The average molecular weight is 493 g/mol. The Morgan fingerprint density at radius 2 is 1.72 bits per heavy atom. The van der Waals surface area contributed by atoms with Gasteiger partial charge in [-0.2, -0.15) is 0 Å². The van der Waals surface area contributed by atoms with Gasteiger partial charge >= 0.3 is 0 Å². The molecule has 2 atom stereocenters. The van der Waals surface area contributed by atoms with Gasteiger partial charge in [0.25, 0.3) is 0 Å². The number of hydrogen-bond acceptors (Lipinski definition) is 4. The molecule has 0 aliphatic heterocycles. The van der Waals surface area contributed by atoms with Gasteiger partial charge in [-0.1, -0.05) is 35.8 Å². The fourth-order valence-electron chi connectivity index (χ4n) is 3.61. The van der Waals surface area contributed by atoms with E-state index in [2.05, 4.69) is 47.8 Å². The maximum Gasteiger partial charge on any atom is 0.229 e. The standard InChI is InChI=1S/C22H30BrNO3Si2/c1-16(25-19-11-9-18(23)10-12-19)20(13-8-17-7-6-14-24-15-17)22(2,3)21(26-28-4)27-29-5/h6-7,9-12,14-16,20-21H,8,13H2,1-5H3. The van der Waals surface area contributed by atoms with Gasteiger partial charge in [-0.05, 0) is 68.8 Å². The summed E-state index contributed by atoms with van der Waals surface area (Å²) in [6.07, 6.45) is 5.38. The highest BCUT2D eigenvalue weighted by molar-refractivity contribution is 9.10. The molecule has 0 bridgehead atoms. The fraction of sp³-hybridized carbons (Fsp3) is 0.500. The molecule has 29 heavy (non-hydrogen) atoms. The summed E-state index contributed by atoms with van der Waals surface area (Å²) < 4.78 is 19.5. The molecule has 156 valence electrons. The third kappa shape index (κ3) is 7.33. The molecule has 0 saturated carbocycles. The average Bonchev–Trinajstić information content (AvgIpc) is 2.70. The molecule has 2 aromatic rings. The fourth-order valence-corrected chi connectivity index (χ4v) is 5.10. The van der Waals surface area contributed by atoms with Crippen LogP contribution < -0.4 is 4.74 Å². The monoisotopic (exact) mass is 491 g/mol. The summed E-state index contributed by atoms with van der Waals surface area (Å²) in [7, 11) is 0.756. The van der Waals surface area contributed by atoms with E-state index in [1.165, 1.54) is 5.56 Å². The molecule has 0 aliphatic rings. The number of hydrogen-bond donors (Lipinski definition) is 0. The molecule has 0 amide bonds. The minimum atomic E-state index is -0.260. The molecule has 1 aromatic heterocycles. The van der Waals surface area contributed by atoms with E-state index in [1.54, 1.807) is 0 Å². The first-order valence-corrected chi connectivity index (χ1v) is 13.4. The number of nitrogens with zero attached hydrogens (tertiary/aromatic N) is 1. The Balaban J connectivity index is 2.23. The molecule has 0 spiro atoms. The molecule has 4 nitrogen and oxygen atoms in total. The van der Waals surface area contributed by atoms with Crippen molar-refractivity contribution in [1.82, 2.24) is 4.98 Å². The van der Waals surface area contributed by atoms with Crippen LogP contribution in [-0.2, 0) is 15.3 Å². The second-order valence-electron chi connectivity index (χ2n) is 7.58. The molecule has 2 unspecified atom stereocenters. The van der Waals surface area contributed by atoms with Gasteiger partial charge < -0.3 is 13.6 Å². The molecule has 0 fully saturated rings. The summed E-state index contributed by atoms with van der Waals surface area (Å²) in [5.74, 6) is 1.10. The Kier molecular flexibility index (Phi) is 10.0. The summed E-state index contributed by atoms with van der Waals surface area (Å²) in [5.41, 5.74) is 1.01. The molecule has 1 aromatic carbocycles. The lowest BCUT2D eigenvalue weighted by Gasteiger charge is -2.43. The highest BCUT2D eigenvalue weighted by Gasteiger charge is 2.42. The van der Waals surface area contributed by atoms with Crippen molar-refractivity contribution in [3.05, 3.63) is 58.8 Å². The van der Waals surface area contributed by atoms with Crippen molar-refractivity contribution in [2.45, 2.75) is 59.1 Å². The van der Waals surface area contributed by atoms with Gasteiger partial charge in [0.1, 0.15) is 12.0 Å². The number of rotatable bonds is 12. The van der Waals surface area contributed by atoms with Crippen molar-refractivity contribution >= 4 is 35.5 Å². The number of pyridine rings is 1. The van der Waals surface area contributed by atoms with Crippen molar-refractivity contribution in [3.8, 4) is 5.75 Å². The molecule has 1 heterocycles. The first kappa shape index (κ1) is 24.3. The van der Waals surface area contributed by atoms with Crippen LogP contribution in [0.1, 0.15) is 32.8 Å². The van der Waals surface area contributed by atoms with Gasteiger partial charge in [-0.15, -0.1) is 0 Å². The zero-order valence-electron chi connectivity index (χ0n) is 17.8. The maximum absolute atomic E-state index is 6.37. The summed E-state index contributed by atoms with van der Waals surface area (Å²) in [6.45, 7) is 10.7. The van der Waals surface area contributed by atoms with Gasteiger partial charge in [0, 0.05) is 28.2 Å². The minimum Gasteiger partial charge on any atom is -0.490 e. The van der Waals surface area contributed by atoms with Crippen molar-refractivity contribution < 1.29 is 13.6 Å². The van der Waals surface area contributed by atoms with Gasteiger partial charge in [0.2, 0.25) is 19.5 Å². The van der Waals surface area contributed by atoms with Gasteiger partial charge in [0.15, 0.2) is 0 Å². The van der Waals surface area contributed by atoms with Crippen LogP contribution in [0.2, 0.25) is 13.1 Å². The lowest BCUT2D eigenvalue weighted by molar-refractivity contribution is -0.123. The molecule has 0 aliphatic carbocycles. The van der Waals surface area contributed by atoms with E-state index in [9.17, 15) is 0 Å². The number of aryl methyl sites for hydroxylation is 1. The van der Waals surface area contributed by atoms with Crippen LogP contribution in [0.5, 0.6) is 5.75 Å². The van der Waals surface area contributed by atoms with Crippen molar-refractivity contribution in [2.24, 2.45) is 11.3 Å². The Hall–Kier alpha value is -0.996. The first-order valence-electron chi connectivity index (χ1n) is 9.84. The summed E-state index contributed by atoms with van der Waals surface area (Å²) >= 11 is 3.48. The highest BCUT2D eigenvalue weighted by atomic mass is 79.9. The first-order chi connectivity index (χ1) is 13.9. The number of halogens is 1. The van der Waals surface area contributed by atoms with E-state index in [0.717, 1.165) is 23.1 Å². The van der Waals surface area contributed by atoms with Crippen LogP contribution in [0.15, 0.2) is 53.3 Å². The molecule has 0 saturated heterocycles. The molecular formula is C22H30BrNO3Si2. The van der Waals surface area contributed by atoms with E-state index in [1.807, 2.05) is 55.8 Å². The Bertz CT molecular complexity index is 710. The van der Waals surface area contributed by atoms with Gasteiger partial charge in [-0.25, -0.2) is 0 Å². The summed E-state index contributed by atoms with van der Waals surface area (Å²) in [5, 5.41) is 0. The third-order valence-corrected chi connectivity index (χ3v) is 6.61. The molecule has 0 N–H and O–H groups in total. The number of aromatic nitrogens is 1. The molecule has 2 rings (SSSR count). The summed E-state index contributed by atoms with van der Waals surface area (Å²) in [6, 6.07) is 12.1. The minimum absolute atomic E-state index is 0.00192. The summed E-state index contributed by atoms with van der Waals surface area (Å²) in [4.78, 5) is 4.26. The van der Waals surface area contributed by atoms with E-state index >= 15 is 0 Å². The number of benzene rings is 1. The molecule has 4 radical (unpaired) electrons. The van der Waals surface area contributed by atoms with Crippen LogP contribution in [0.4, 0.5) is 0 Å².